The van der Waals surface area contributed by atoms with Crippen molar-refractivity contribution in [1.82, 2.24) is 0 Å². The Morgan fingerprint density at radius 2 is 1.35 bits per heavy atom. The number of hydrogen-bond donors (Lipinski definition) is 2. The maximum Gasteiger partial charge on any atom is 0.306 e. The summed E-state index contributed by atoms with van der Waals surface area (Å²) in [6.07, 6.45) is -0.184. The molecule has 0 radical (unpaired) electrons. The number of hydrogen-bond acceptors (Lipinski definition) is 5. The molecule has 0 bridgehead atoms. The van der Waals surface area contributed by atoms with Crippen LogP contribution in [0.4, 0.5) is 11.4 Å². The van der Waals surface area contributed by atoms with Gasteiger partial charge in [0.2, 0.25) is 5.91 Å². The van der Waals surface area contributed by atoms with Crippen molar-refractivity contribution in [2.45, 2.75) is 33.6 Å². The van der Waals surface area contributed by atoms with Gasteiger partial charge in [0.25, 0.3) is 5.91 Å². The highest BCUT2D eigenvalue weighted by Gasteiger charge is 2.11. The van der Waals surface area contributed by atoms with Gasteiger partial charge in [0.05, 0.1) is 6.42 Å². The van der Waals surface area contributed by atoms with Gasteiger partial charge >= 0.3 is 5.97 Å². The minimum Gasteiger partial charge on any atom is -0.457 e. The molecule has 0 aromatic heterocycles. The number of benzene rings is 3. The SMILES string of the molecule is Cc1cccc(NC(=O)COC(=O)CCC(=O)Nc2ccc(Oc3cc(C)cc(C)c3)cc2)c1. The first-order valence-corrected chi connectivity index (χ1v) is 10.9. The number of ether oxygens (including phenoxy) is 2. The van der Waals surface area contributed by atoms with E-state index in [2.05, 4.69) is 16.7 Å². The fourth-order valence-corrected chi connectivity index (χ4v) is 3.31. The second kappa shape index (κ2) is 11.7. The molecule has 0 spiro atoms. The first-order chi connectivity index (χ1) is 16.3. The van der Waals surface area contributed by atoms with Crippen LogP contribution in [0.3, 0.4) is 0 Å². The summed E-state index contributed by atoms with van der Waals surface area (Å²) in [7, 11) is 0. The third kappa shape index (κ3) is 8.09. The largest absolute Gasteiger partial charge is 0.457 e. The summed E-state index contributed by atoms with van der Waals surface area (Å²) in [4.78, 5) is 35.9. The lowest BCUT2D eigenvalue weighted by Crippen LogP contribution is -2.21. The molecule has 0 aliphatic rings. The van der Waals surface area contributed by atoms with Gasteiger partial charge in [-0.3, -0.25) is 14.4 Å². The topological polar surface area (TPSA) is 93.7 Å². The van der Waals surface area contributed by atoms with Crippen molar-refractivity contribution < 1.29 is 23.9 Å². The number of carbonyl (C=O) groups excluding carboxylic acids is 3. The van der Waals surface area contributed by atoms with Crippen LogP contribution in [0.15, 0.2) is 66.7 Å². The van der Waals surface area contributed by atoms with E-state index < -0.39 is 18.5 Å². The number of carbonyl (C=O) groups is 3. The van der Waals surface area contributed by atoms with E-state index in [1.165, 1.54) is 0 Å². The molecule has 2 amide bonds. The molecule has 0 fully saturated rings. The van der Waals surface area contributed by atoms with E-state index in [4.69, 9.17) is 9.47 Å². The zero-order valence-electron chi connectivity index (χ0n) is 19.5. The van der Waals surface area contributed by atoms with Gasteiger partial charge in [0.15, 0.2) is 6.61 Å². The Balaban J connectivity index is 1.38. The van der Waals surface area contributed by atoms with Crippen molar-refractivity contribution in [1.29, 1.82) is 0 Å². The van der Waals surface area contributed by atoms with Gasteiger partial charge in [-0.05, 0) is 86.0 Å². The second-order valence-electron chi connectivity index (χ2n) is 8.08. The van der Waals surface area contributed by atoms with Gasteiger partial charge in [0, 0.05) is 17.8 Å². The first kappa shape index (κ1) is 24.5. The molecule has 0 aliphatic carbocycles. The number of nitrogens with one attached hydrogen (secondary N) is 2. The summed E-state index contributed by atoms with van der Waals surface area (Å²) in [6, 6.07) is 20.2. The third-order valence-electron chi connectivity index (χ3n) is 4.79. The van der Waals surface area contributed by atoms with Gasteiger partial charge < -0.3 is 20.1 Å². The second-order valence-corrected chi connectivity index (χ2v) is 8.08. The van der Waals surface area contributed by atoms with E-state index in [-0.39, 0.29) is 18.7 Å². The Morgan fingerprint density at radius 1 is 0.676 bits per heavy atom. The van der Waals surface area contributed by atoms with Crippen LogP contribution in [-0.4, -0.2) is 24.4 Å². The summed E-state index contributed by atoms with van der Waals surface area (Å²) in [6.45, 7) is 5.52. The van der Waals surface area contributed by atoms with Crippen LogP contribution in [0, 0.1) is 20.8 Å². The zero-order valence-corrected chi connectivity index (χ0v) is 19.5. The lowest BCUT2D eigenvalue weighted by Gasteiger charge is -2.10. The molecule has 34 heavy (non-hydrogen) atoms. The van der Waals surface area contributed by atoms with Gasteiger partial charge in [-0.1, -0.05) is 18.2 Å². The minimum atomic E-state index is -0.619. The average Bonchev–Trinajstić information content (AvgIpc) is 2.77. The predicted molar refractivity (Wildman–Crippen MR) is 131 cm³/mol. The molecule has 0 saturated carbocycles. The van der Waals surface area contributed by atoms with Crippen molar-refractivity contribution in [3.8, 4) is 11.5 Å². The van der Waals surface area contributed by atoms with E-state index >= 15 is 0 Å². The Kier molecular flexibility index (Phi) is 8.40. The molecule has 7 nitrogen and oxygen atoms in total. The molecule has 3 aromatic rings. The van der Waals surface area contributed by atoms with Gasteiger partial charge in [-0.25, -0.2) is 0 Å². The van der Waals surface area contributed by atoms with Crippen molar-refractivity contribution in [3.05, 3.63) is 83.4 Å². The monoisotopic (exact) mass is 460 g/mol. The summed E-state index contributed by atoms with van der Waals surface area (Å²) >= 11 is 0. The van der Waals surface area contributed by atoms with Crippen LogP contribution >= 0.6 is 0 Å². The van der Waals surface area contributed by atoms with E-state index in [0.717, 1.165) is 22.4 Å². The smallest absolute Gasteiger partial charge is 0.306 e. The number of amides is 2. The zero-order chi connectivity index (χ0) is 24.5. The van der Waals surface area contributed by atoms with E-state index in [9.17, 15) is 14.4 Å². The fourth-order valence-electron chi connectivity index (χ4n) is 3.31. The maximum atomic E-state index is 12.1. The highest BCUT2D eigenvalue weighted by Crippen LogP contribution is 2.25. The van der Waals surface area contributed by atoms with E-state index in [1.54, 1.807) is 30.3 Å². The highest BCUT2D eigenvalue weighted by molar-refractivity contribution is 5.94. The standard InChI is InChI=1S/C27H28N2O5/c1-18-5-4-6-22(14-18)29-26(31)17-33-27(32)12-11-25(30)28-21-7-9-23(10-8-21)34-24-15-19(2)13-20(3)16-24/h4-10,13-16H,11-12,17H2,1-3H3,(H,28,30)(H,29,31). The van der Waals surface area contributed by atoms with Crippen LogP contribution in [-0.2, 0) is 19.1 Å². The Morgan fingerprint density at radius 3 is 2.03 bits per heavy atom. The molecule has 3 aromatic carbocycles. The summed E-state index contributed by atoms with van der Waals surface area (Å²) in [5, 5.41) is 5.38. The minimum absolute atomic E-state index is 0.0564. The summed E-state index contributed by atoms with van der Waals surface area (Å²) in [5.74, 6) is 0.0123. The van der Waals surface area contributed by atoms with Crippen molar-refractivity contribution in [2.75, 3.05) is 17.2 Å². The van der Waals surface area contributed by atoms with Crippen molar-refractivity contribution >= 4 is 29.2 Å². The van der Waals surface area contributed by atoms with Crippen LogP contribution in [0.5, 0.6) is 11.5 Å². The number of esters is 1. The predicted octanol–water partition coefficient (Wildman–Crippen LogP) is 5.30. The van der Waals surface area contributed by atoms with Gasteiger partial charge in [-0.2, -0.15) is 0 Å². The van der Waals surface area contributed by atoms with Crippen LogP contribution < -0.4 is 15.4 Å². The van der Waals surface area contributed by atoms with Crippen LogP contribution in [0.2, 0.25) is 0 Å². The summed E-state index contributed by atoms with van der Waals surface area (Å²) < 4.78 is 10.8. The highest BCUT2D eigenvalue weighted by atomic mass is 16.5. The Hall–Kier alpha value is -4.13. The number of anilines is 2. The van der Waals surface area contributed by atoms with E-state index in [0.29, 0.717) is 17.1 Å². The molecule has 176 valence electrons. The van der Waals surface area contributed by atoms with Crippen molar-refractivity contribution in [2.24, 2.45) is 0 Å². The molecule has 7 heteroatoms. The molecule has 0 heterocycles. The molecule has 2 N–H and O–H groups in total. The molecule has 0 saturated heterocycles. The Labute approximate surface area is 199 Å². The molecular weight excluding hydrogens is 432 g/mol. The van der Waals surface area contributed by atoms with Gasteiger partial charge in [0.1, 0.15) is 11.5 Å². The summed E-state index contributed by atoms with van der Waals surface area (Å²) in [5.41, 5.74) is 4.45. The quantitative estimate of drug-likeness (QED) is 0.423. The number of rotatable bonds is 9. The normalized spacial score (nSPS) is 10.3. The fraction of sp³-hybridized carbons (Fsp3) is 0.222. The molecule has 3 rings (SSSR count). The van der Waals surface area contributed by atoms with Gasteiger partial charge in [-0.15, -0.1) is 0 Å². The average molecular weight is 461 g/mol. The number of aryl methyl sites for hydroxylation is 3. The Bertz CT molecular complexity index is 1150. The third-order valence-corrected chi connectivity index (χ3v) is 4.79. The molecule has 0 atom stereocenters. The van der Waals surface area contributed by atoms with Crippen molar-refractivity contribution in [3.63, 3.8) is 0 Å². The molecule has 0 aliphatic heterocycles. The molecular formula is C27H28N2O5. The lowest BCUT2D eigenvalue weighted by atomic mass is 10.1. The maximum absolute atomic E-state index is 12.1. The molecule has 0 unspecified atom stereocenters. The van der Waals surface area contributed by atoms with Crippen LogP contribution in [0.25, 0.3) is 0 Å². The first-order valence-electron chi connectivity index (χ1n) is 10.9. The lowest BCUT2D eigenvalue weighted by molar-refractivity contribution is -0.147. The van der Waals surface area contributed by atoms with Crippen LogP contribution in [0.1, 0.15) is 29.5 Å². The van der Waals surface area contributed by atoms with E-state index in [1.807, 2.05) is 51.1 Å².